The molecule has 2 amide bonds. The summed E-state index contributed by atoms with van der Waals surface area (Å²) in [5.41, 5.74) is -0.895. The van der Waals surface area contributed by atoms with Crippen molar-refractivity contribution in [3.63, 3.8) is 0 Å². The first kappa shape index (κ1) is 20.5. The number of alkyl halides is 3. The highest BCUT2D eigenvalue weighted by Crippen LogP contribution is 2.32. The van der Waals surface area contributed by atoms with Gasteiger partial charge in [0.1, 0.15) is 4.90 Å². The van der Waals surface area contributed by atoms with Crippen LogP contribution in [0.25, 0.3) is 0 Å². The molecule has 146 valence electrons. The molecule has 0 atom stereocenters. The van der Waals surface area contributed by atoms with E-state index in [0.717, 1.165) is 18.3 Å². The maximum absolute atomic E-state index is 12.8. The number of aromatic nitrogens is 1. The Hall–Kier alpha value is -2.82. The van der Waals surface area contributed by atoms with Crippen molar-refractivity contribution in [1.29, 1.82) is 0 Å². The van der Waals surface area contributed by atoms with E-state index in [9.17, 15) is 26.4 Å². The largest absolute Gasteiger partial charge is 0.416 e. The molecule has 1 heterocycles. The van der Waals surface area contributed by atoms with E-state index in [-0.39, 0.29) is 22.3 Å². The molecule has 0 saturated heterocycles. The molecule has 1 aromatic carbocycles. The van der Waals surface area contributed by atoms with Gasteiger partial charge in [-0.3, -0.25) is 4.98 Å². The van der Waals surface area contributed by atoms with Gasteiger partial charge in [0.05, 0.1) is 11.3 Å². The molecule has 0 saturated carbocycles. The summed E-state index contributed by atoms with van der Waals surface area (Å²) in [6.07, 6.45) is -2.29. The van der Waals surface area contributed by atoms with Gasteiger partial charge in [-0.2, -0.15) is 13.2 Å². The fourth-order valence-electron chi connectivity index (χ4n) is 2.09. The number of rotatable bonds is 5. The summed E-state index contributed by atoms with van der Waals surface area (Å²) < 4.78 is 65.2. The number of hydrogen-bond acceptors (Lipinski definition) is 5. The summed E-state index contributed by atoms with van der Waals surface area (Å²) in [6.45, 7) is 3.30. The quantitative estimate of drug-likeness (QED) is 0.713. The van der Waals surface area contributed by atoms with E-state index in [1.54, 1.807) is 13.8 Å². The molecule has 0 bridgehead atoms. The van der Waals surface area contributed by atoms with E-state index in [2.05, 4.69) is 15.6 Å². The molecular formula is C16H17F3N4O3S. The lowest BCUT2D eigenvalue weighted by Crippen LogP contribution is -2.42. The predicted molar refractivity (Wildman–Crippen MR) is 93.0 cm³/mol. The van der Waals surface area contributed by atoms with Crippen LogP contribution in [0.5, 0.6) is 0 Å². The highest BCUT2D eigenvalue weighted by atomic mass is 32.2. The summed E-state index contributed by atoms with van der Waals surface area (Å²) in [6, 6.07) is 4.33. The number of benzene rings is 1. The Bertz CT molecular complexity index is 931. The fourth-order valence-corrected chi connectivity index (χ4v) is 3.12. The van der Waals surface area contributed by atoms with Crippen LogP contribution in [0.3, 0.4) is 0 Å². The number of halogens is 3. The fraction of sp³-hybridized carbons (Fsp3) is 0.250. The van der Waals surface area contributed by atoms with Crippen molar-refractivity contribution in [2.24, 2.45) is 0 Å². The Morgan fingerprint density at radius 3 is 2.52 bits per heavy atom. The van der Waals surface area contributed by atoms with Gasteiger partial charge < -0.3 is 10.6 Å². The van der Waals surface area contributed by atoms with E-state index in [1.165, 1.54) is 24.4 Å². The van der Waals surface area contributed by atoms with Gasteiger partial charge in [0.25, 0.3) is 10.0 Å². The lowest BCUT2D eigenvalue weighted by atomic mass is 10.2. The molecule has 0 aliphatic heterocycles. The first-order chi connectivity index (χ1) is 12.5. The Morgan fingerprint density at radius 2 is 1.89 bits per heavy atom. The van der Waals surface area contributed by atoms with E-state index in [4.69, 9.17) is 0 Å². The van der Waals surface area contributed by atoms with Crippen LogP contribution in [0.2, 0.25) is 0 Å². The topological polar surface area (TPSA) is 100 Å². The Morgan fingerprint density at radius 1 is 1.19 bits per heavy atom. The molecule has 2 aromatic rings. The summed E-state index contributed by atoms with van der Waals surface area (Å²) in [5.74, 6) is 0. The normalized spacial score (nSPS) is 11.9. The molecule has 0 unspecified atom stereocenters. The molecule has 0 aliphatic carbocycles. The molecule has 27 heavy (non-hydrogen) atoms. The maximum Gasteiger partial charge on any atom is 0.416 e. The zero-order chi connectivity index (χ0) is 20.2. The predicted octanol–water partition coefficient (Wildman–Crippen LogP) is 3.24. The standard InChI is InChI=1S/C16H17F3N4O3S/c1-10(2)21-15(24)23-27(25,26)14-9-20-7-6-13(14)22-12-5-3-4-11(8-12)16(17,18)19/h3-10H,1-2H3,(H,20,22)(H2,21,23,24). The smallest absolute Gasteiger partial charge is 0.354 e. The first-order valence-corrected chi connectivity index (χ1v) is 9.19. The highest BCUT2D eigenvalue weighted by Gasteiger charge is 2.30. The summed E-state index contributed by atoms with van der Waals surface area (Å²) in [5, 5.41) is 4.98. The molecule has 2 rings (SSSR count). The second-order valence-electron chi connectivity index (χ2n) is 5.81. The zero-order valence-electron chi connectivity index (χ0n) is 14.3. The second-order valence-corrected chi connectivity index (χ2v) is 7.46. The van der Waals surface area contributed by atoms with Crippen molar-refractivity contribution in [2.45, 2.75) is 31.0 Å². The Labute approximate surface area is 154 Å². The number of pyridine rings is 1. The lowest BCUT2D eigenvalue weighted by Gasteiger charge is -2.15. The van der Waals surface area contributed by atoms with Gasteiger partial charge in [0, 0.05) is 24.1 Å². The molecule has 0 aliphatic rings. The SMILES string of the molecule is CC(C)NC(=O)NS(=O)(=O)c1cnccc1Nc1cccc(C(F)(F)F)c1. The lowest BCUT2D eigenvalue weighted by molar-refractivity contribution is -0.137. The van der Waals surface area contributed by atoms with Gasteiger partial charge in [-0.15, -0.1) is 0 Å². The second kappa shape index (κ2) is 7.82. The van der Waals surface area contributed by atoms with Gasteiger partial charge in [0.2, 0.25) is 0 Å². The summed E-state index contributed by atoms with van der Waals surface area (Å²) in [4.78, 5) is 15.0. The van der Waals surface area contributed by atoms with Gasteiger partial charge in [0.15, 0.2) is 0 Å². The van der Waals surface area contributed by atoms with Crippen molar-refractivity contribution >= 4 is 27.4 Å². The number of carbonyl (C=O) groups excluding carboxylic acids is 1. The van der Waals surface area contributed by atoms with Crippen LogP contribution in [0.1, 0.15) is 19.4 Å². The molecule has 0 radical (unpaired) electrons. The van der Waals surface area contributed by atoms with E-state index < -0.39 is 27.8 Å². The Kier molecular flexibility index (Phi) is 5.94. The highest BCUT2D eigenvalue weighted by molar-refractivity contribution is 7.90. The molecule has 11 heteroatoms. The van der Waals surface area contributed by atoms with E-state index in [0.29, 0.717) is 0 Å². The molecule has 0 spiro atoms. The summed E-state index contributed by atoms with van der Waals surface area (Å²) >= 11 is 0. The van der Waals surface area contributed by atoms with Crippen LogP contribution in [0.15, 0.2) is 47.6 Å². The molecular weight excluding hydrogens is 385 g/mol. The van der Waals surface area contributed by atoms with Crippen molar-refractivity contribution in [3.05, 3.63) is 48.3 Å². The number of hydrogen-bond donors (Lipinski definition) is 3. The number of urea groups is 1. The van der Waals surface area contributed by atoms with Crippen LogP contribution >= 0.6 is 0 Å². The molecule has 3 N–H and O–H groups in total. The van der Waals surface area contributed by atoms with Gasteiger partial charge in [-0.25, -0.2) is 17.9 Å². The number of amides is 2. The summed E-state index contributed by atoms with van der Waals surface area (Å²) in [7, 11) is -4.30. The van der Waals surface area contributed by atoms with Crippen molar-refractivity contribution in [1.82, 2.24) is 15.0 Å². The van der Waals surface area contributed by atoms with Gasteiger partial charge in [-0.05, 0) is 38.1 Å². The number of sulfonamides is 1. The van der Waals surface area contributed by atoms with E-state index >= 15 is 0 Å². The van der Waals surface area contributed by atoms with Crippen LogP contribution in [0, 0.1) is 0 Å². The number of nitrogens with one attached hydrogen (secondary N) is 3. The van der Waals surface area contributed by atoms with Crippen molar-refractivity contribution in [2.75, 3.05) is 5.32 Å². The zero-order valence-corrected chi connectivity index (χ0v) is 15.1. The third-order valence-corrected chi connectivity index (χ3v) is 4.55. The minimum atomic E-state index is -4.54. The molecule has 7 nitrogen and oxygen atoms in total. The molecule has 1 aromatic heterocycles. The third-order valence-electron chi connectivity index (χ3n) is 3.19. The van der Waals surface area contributed by atoms with E-state index in [1.807, 2.05) is 4.72 Å². The van der Waals surface area contributed by atoms with Crippen LogP contribution in [-0.2, 0) is 16.2 Å². The van der Waals surface area contributed by atoms with Crippen LogP contribution in [0.4, 0.5) is 29.3 Å². The van der Waals surface area contributed by atoms with Crippen LogP contribution < -0.4 is 15.4 Å². The van der Waals surface area contributed by atoms with Gasteiger partial charge >= 0.3 is 12.2 Å². The third kappa shape index (κ3) is 5.58. The van der Waals surface area contributed by atoms with Crippen LogP contribution in [-0.4, -0.2) is 25.5 Å². The minimum Gasteiger partial charge on any atom is -0.354 e. The number of anilines is 2. The first-order valence-electron chi connectivity index (χ1n) is 7.70. The number of carbonyl (C=O) groups is 1. The average molecular weight is 402 g/mol. The average Bonchev–Trinajstić information content (AvgIpc) is 2.53. The van der Waals surface area contributed by atoms with Crippen molar-refractivity contribution in [3.8, 4) is 0 Å². The Balaban J connectivity index is 2.32. The monoisotopic (exact) mass is 402 g/mol. The minimum absolute atomic E-state index is 0.0270. The maximum atomic E-state index is 12.8. The van der Waals surface area contributed by atoms with Crippen molar-refractivity contribution < 1.29 is 26.4 Å². The molecule has 0 fully saturated rings. The van der Waals surface area contributed by atoms with Gasteiger partial charge in [-0.1, -0.05) is 6.07 Å². The number of nitrogens with zero attached hydrogens (tertiary/aromatic N) is 1.